The van der Waals surface area contributed by atoms with Crippen LogP contribution in [0, 0.1) is 20.8 Å². The number of carbonyl (C=O) groups excluding carboxylic acids is 1. The molecule has 146 valence electrons. The largest absolute Gasteiger partial charge is 0.496 e. The van der Waals surface area contributed by atoms with Crippen molar-refractivity contribution in [2.24, 2.45) is 0 Å². The van der Waals surface area contributed by atoms with Crippen LogP contribution in [0.4, 0.5) is 5.69 Å². The zero-order valence-electron chi connectivity index (χ0n) is 16.7. The minimum Gasteiger partial charge on any atom is -0.496 e. The average Bonchev–Trinajstić information content (AvgIpc) is 2.97. The number of hydrogen-bond donors (Lipinski definition) is 1. The molecule has 28 heavy (non-hydrogen) atoms. The molecule has 0 saturated heterocycles. The third-order valence-corrected chi connectivity index (χ3v) is 5.50. The van der Waals surface area contributed by atoms with E-state index in [-0.39, 0.29) is 5.91 Å². The van der Waals surface area contributed by atoms with E-state index in [1.54, 1.807) is 18.9 Å². The summed E-state index contributed by atoms with van der Waals surface area (Å²) in [5.41, 5.74) is 5.78. The Morgan fingerprint density at radius 1 is 1.11 bits per heavy atom. The van der Waals surface area contributed by atoms with E-state index < -0.39 is 0 Å². The third-order valence-electron chi connectivity index (χ3n) is 4.52. The van der Waals surface area contributed by atoms with Gasteiger partial charge in [-0.25, -0.2) is 4.68 Å². The van der Waals surface area contributed by atoms with Crippen LogP contribution in [0.25, 0.3) is 5.69 Å². The highest BCUT2D eigenvalue weighted by Gasteiger charge is 2.15. The Hall–Kier alpha value is -2.73. The van der Waals surface area contributed by atoms with Crippen LogP contribution < -0.4 is 10.1 Å². The lowest BCUT2D eigenvalue weighted by molar-refractivity contribution is -0.113. The van der Waals surface area contributed by atoms with Crippen molar-refractivity contribution >= 4 is 23.4 Å². The summed E-state index contributed by atoms with van der Waals surface area (Å²) < 4.78 is 7.22. The Labute approximate surface area is 170 Å². The number of amides is 1. The van der Waals surface area contributed by atoms with Gasteiger partial charge in [0.05, 0.1) is 35.6 Å². The van der Waals surface area contributed by atoms with Gasteiger partial charge >= 0.3 is 0 Å². The van der Waals surface area contributed by atoms with Crippen molar-refractivity contribution in [1.82, 2.24) is 9.78 Å². The summed E-state index contributed by atoms with van der Waals surface area (Å²) in [5, 5.41) is 7.61. The predicted octanol–water partition coefficient (Wildman–Crippen LogP) is 4.68. The van der Waals surface area contributed by atoms with Gasteiger partial charge in [0, 0.05) is 11.3 Å². The van der Waals surface area contributed by atoms with E-state index in [0.29, 0.717) is 5.75 Å². The molecule has 1 aromatic heterocycles. The second-order valence-corrected chi connectivity index (χ2v) is 7.63. The maximum absolute atomic E-state index is 12.5. The van der Waals surface area contributed by atoms with Crippen LogP contribution in [-0.4, -0.2) is 28.6 Å². The summed E-state index contributed by atoms with van der Waals surface area (Å²) >= 11 is 1.56. The summed E-state index contributed by atoms with van der Waals surface area (Å²) in [5.74, 6) is 1.90. The summed E-state index contributed by atoms with van der Waals surface area (Å²) in [6.45, 7) is 5.94. The fourth-order valence-electron chi connectivity index (χ4n) is 3.01. The maximum Gasteiger partial charge on any atom is 0.234 e. The number of ether oxygens (including phenoxy) is 1. The van der Waals surface area contributed by atoms with Crippen LogP contribution in [0.15, 0.2) is 48.5 Å². The van der Waals surface area contributed by atoms with Crippen LogP contribution in [0.3, 0.4) is 0 Å². The fraction of sp³-hybridized carbons (Fsp3) is 0.273. The molecule has 0 aliphatic rings. The van der Waals surface area contributed by atoms with Gasteiger partial charge in [-0.15, -0.1) is 11.8 Å². The number of anilines is 1. The molecule has 1 heterocycles. The van der Waals surface area contributed by atoms with Gasteiger partial charge in [-0.3, -0.25) is 4.79 Å². The SMILES string of the molecule is COc1ccccc1CSCC(=O)Nc1c(C)nn(-c2ccc(C)cc2)c1C. The molecule has 6 heteroatoms. The Morgan fingerprint density at radius 3 is 2.54 bits per heavy atom. The number of carbonyl (C=O) groups is 1. The van der Waals surface area contributed by atoms with Crippen molar-refractivity contribution in [2.45, 2.75) is 26.5 Å². The maximum atomic E-state index is 12.5. The van der Waals surface area contributed by atoms with Crippen LogP contribution in [0.5, 0.6) is 5.75 Å². The first-order valence-corrected chi connectivity index (χ1v) is 10.3. The number of hydrogen-bond acceptors (Lipinski definition) is 4. The normalized spacial score (nSPS) is 10.7. The highest BCUT2D eigenvalue weighted by Crippen LogP contribution is 2.25. The first kappa shape index (κ1) is 20.0. The highest BCUT2D eigenvalue weighted by atomic mass is 32.2. The van der Waals surface area contributed by atoms with E-state index in [0.717, 1.165) is 39.8 Å². The molecule has 1 amide bonds. The smallest absolute Gasteiger partial charge is 0.234 e. The lowest BCUT2D eigenvalue weighted by Gasteiger charge is -2.09. The van der Waals surface area contributed by atoms with Crippen molar-refractivity contribution < 1.29 is 9.53 Å². The standard InChI is InChI=1S/C22H25N3O2S/c1-15-9-11-19(12-10-15)25-17(3)22(16(2)24-25)23-21(26)14-28-13-18-7-5-6-8-20(18)27-4/h5-12H,13-14H2,1-4H3,(H,23,26). The fourth-order valence-corrected chi connectivity index (χ4v) is 3.83. The molecule has 0 bridgehead atoms. The minimum atomic E-state index is -0.0328. The van der Waals surface area contributed by atoms with Gasteiger partial charge in [0.2, 0.25) is 5.91 Å². The molecule has 0 unspecified atom stereocenters. The molecule has 0 aliphatic heterocycles. The summed E-state index contributed by atoms with van der Waals surface area (Å²) in [7, 11) is 1.66. The number of thioether (sulfide) groups is 1. The van der Waals surface area contributed by atoms with Gasteiger partial charge in [0.1, 0.15) is 5.75 Å². The second-order valence-electron chi connectivity index (χ2n) is 6.65. The summed E-state index contributed by atoms with van der Waals surface area (Å²) in [4.78, 5) is 12.5. The molecule has 0 radical (unpaired) electrons. The van der Waals surface area contributed by atoms with Gasteiger partial charge in [-0.1, -0.05) is 35.9 Å². The number of nitrogens with one attached hydrogen (secondary N) is 1. The van der Waals surface area contributed by atoms with Gasteiger partial charge in [-0.05, 0) is 39.0 Å². The number of rotatable bonds is 7. The molecular weight excluding hydrogens is 370 g/mol. The molecule has 0 aliphatic carbocycles. The predicted molar refractivity (Wildman–Crippen MR) is 116 cm³/mol. The Morgan fingerprint density at radius 2 is 1.82 bits per heavy atom. The zero-order valence-corrected chi connectivity index (χ0v) is 17.5. The summed E-state index contributed by atoms with van der Waals surface area (Å²) in [6, 6.07) is 16.0. The Kier molecular flexibility index (Phi) is 6.41. The molecule has 3 aromatic rings. The van der Waals surface area contributed by atoms with Gasteiger partial charge in [0.25, 0.3) is 0 Å². The van der Waals surface area contributed by atoms with Crippen LogP contribution in [0.1, 0.15) is 22.5 Å². The van der Waals surface area contributed by atoms with Crippen LogP contribution >= 0.6 is 11.8 Å². The van der Waals surface area contributed by atoms with E-state index >= 15 is 0 Å². The van der Waals surface area contributed by atoms with Gasteiger partial charge in [0.15, 0.2) is 0 Å². The van der Waals surface area contributed by atoms with Gasteiger partial charge in [-0.2, -0.15) is 5.10 Å². The number of aromatic nitrogens is 2. The van der Waals surface area contributed by atoms with Gasteiger partial charge < -0.3 is 10.1 Å². The van der Waals surface area contributed by atoms with E-state index in [4.69, 9.17) is 4.74 Å². The molecule has 0 spiro atoms. The quantitative estimate of drug-likeness (QED) is 0.631. The molecule has 1 N–H and O–H groups in total. The molecule has 2 aromatic carbocycles. The minimum absolute atomic E-state index is 0.0328. The summed E-state index contributed by atoms with van der Waals surface area (Å²) in [6.07, 6.45) is 0. The number of nitrogens with zero attached hydrogens (tertiary/aromatic N) is 2. The first-order chi connectivity index (χ1) is 13.5. The molecule has 0 atom stereocenters. The molecule has 3 rings (SSSR count). The lowest BCUT2D eigenvalue weighted by atomic mass is 10.2. The third kappa shape index (κ3) is 4.57. The topological polar surface area (TPSA) is 56.1 Å². The number of para-hydroxylation sites is 1. The number of aryl methyl sites for hydroxylation is 2. The molecule has 0 fully saturated rings. The molecular formula is C22H25N3O2S. The van der Waals surface area contributed by atoms with E-state index in [1.807, 2.05) is 54.9 Å². The monoisotopic (exact) mass is 395 g/mol. The van der Waals surface area contributed by atoms with Crippen molar-refractivity contribution in [1.29, 1.82) is 0 Å². The number of methoxy groups -OCH3 is 1. The molecule has 5 nitrogen and oxygen atoms in total. The zero-order chi connectivity index (χ0) is 20.1. The highest BCUT2D eigenvalue weighted by molar-refractivity contribution is 7.99. The Bertz CT molecular complexity index is 964. The van der Waals surface area contributed by atoms with Crippen LogP contribution in [0.2, 0.25) is 0 Å². The van der Waals surface area contributed by atoms with Crippen molar-refractivity contribution in [3.63, 3.8) is 0 Å². The second kappa shape index (κ2) is 8.97. The van der Waals surface area contributed by atoms with E-state index in [9.17, 15) is 4.79 Å². The van der Waals surface area contributed by atoms with E-state index in [1.165, 1.54) is 5.56 Å². The van der Waals surface area contributed by atoms with Crippen molar-refractivity contribution in [3.8, 4) is 11.4 Å². The van der Waals surface area contributed by atoms with Crippen molar-refractivity contribution in [3.05, 3.63) is 71.0 Å². The van der Waals surface area contributed by atoms with E-state index in [2.05, 4.69) is 29.5 Å². The molecule has 0 saturated carbocycles. The first-order valence-electron chi connectivity index (χ1n) is 9.12. The number of benzene rings is 2. The van der Waals surface area contributed by atoms with Crippen LogP contribution in [-0.2, 0) is 10.5 Å². The lowest BCUT2D eigenvalue weighted by Crippen LogP contribution is -2.15. The Balaban J connectivity index is 1.63. The van der Waals surface area contributed by atoms with Crippen molar-refractivity contribution in [2.75, 3.05) is 18.2 Å². The average molecular weight is 396 g/mol.